The Morgan fingerprint density at radius 2 is 1.50 bits per heavy atom. The molecule has 6 nitrogen and oxygen atoms in total. The fraction of sp³-hybridized carbons (Fsp3) is 0.889. The SMILES string of the molecule is C[C@@H](C(=O)N1CCOCC1)N1CCN(C(=O)C2CCCCC2)CC1. The van der Waals surface area contributed by atoms with Crippen molar-refractivity contribution in [1.29, 1.82) is 0 Å². The summed E-state index contributed by atoms with van der Waals surface area (Å²) in [6.45, 7) is 7.80. The minimum Gasteiger partial charge on any atom is -0.378 e. The van der Waals surface area contributed by atoms with Crippen molar-refractivity contribution in [2.45, 2.75) is 45.1 Å². The summed E-state index contributed by atoms with van der Waals surface area (Å²) in [5, 5.41) is 0. The van der Waals surface area contributed by atoms with Crippen molar-refractivity contribution in [3.63, 3.8) is 0 Å². The minimum atomic E-state index is -0.102. The Morgan fingerprint density at radius 1 is 0.875 bits per heavy atom. The molecule has 1 atom stereocenters. The van der Waals surface area contributed by atoms with Crippen molar-refractivity contribution in [1.82, 2.24) is 14.7 Å². The maximum absolute atomic E-state index is 12.6. The number of carbonyl (C=O) groups excluding carboxylic acids is 2. The van der Waals surface area contributed by atoms with E-state index in [1.807, 2.05) is 16.7 Å². The lowest BCUT2D eigenvalue weighted by Gasteiger charge is -2.40. The van der Waals surface area contributed by atoms with Gasteiger partial charge in [-0.3, -0.25) is 14.5 Å². The van der Waals surface area contributed by atoms with Crippen molar-refractivity contribution in [3.8, 4) is 0 Å². The molecule has 3 fully saturated rings. The fourth-order valence-corrected chi connectivity index (χ4v) is 4.14. The van der Waals surface area contributed by atoms with E-state index >= 15 is 0 Å². The number of nitrogens with zero attached hydrogens (tertiary/aromatic N) is 3. The van der Waals surface area contributed by atoms with Crippen LogP contribution in [0.4, 0.5) is 0 Å². The third kappa shape index (κ3) is 4.09. The van der Waals surface area contributed by atoms with Gasteiger partial charge in [-0.1, -0.05) is 19.3 Å². The van der Waals surface area contributed by atoms with E-state index in [1.165, 1.54) is 19.3 Å². The lowest BCUT2D eigenvalue weighted by atomic mass is 9.88. The Hall–Kier alpha value is -1.14. The molecule has 0 unspecified atom stereocenters. The van der Waals surface area contributed by atoms with Gasteiger partial charge in [-0.05, 0) is 19.8 Å². The zero-order chi connectivity index (χ0) is 16.9. The van der Waals surface area contributed by atoms with Gasteiger partial charge < -0.3 is 14.5 Å². The second kappa shape index (κ2) is 8.30. The van der Waals surface area contributed by atoms with Gasteiger partial charge in [-0.2, -0.15) is 0 Å². The molecule has 0 radical (unpaired) electrons. The first-order chi connectivity index (χ1) is 11.7. The van der Waals surface area contributed by atoms with Crippen LogP contribution in [-0.2, 0) is 14.3 Å². The lowest BCUT2D eigenvalue weighted by Crippen LogP contribution is -2.57. The van der Waals surface area contributed by atoms with E-state index in [0.717, 1.165) is 39.0 Å². The van der Waals surface area contributed by atoms with Gasteiger partial charge in [0, 0.05) is 45.2 Å². The standard InChI is InChI=1S/C18H31N3O3/c1-15(17(22)21-11-13-24-14-12-21)19-7-9-20(10-8-19)18(23)16-5-3-2-4-6-16/h15-16H,2-14H2,1H3/t15-/m0/s1. The predicted octanol–water partition coefficient (Wildman–Crippen LogP) is 0.958. The molecule has 3 aliphatic rings. The molecule has 0 aromatic heterocycles. The third-order valence-corrected chi connectivity index (χ3v) is 5.81. The number of carbonyl (C=O) groups is 2. The van der Waals surface area contributed by atoms with Crippen molar-refractivity contribution in [3.05, 3.63) is 0 Å². The Bertz CT molecular complexity index is 437. The van der Waals surface area contributed by atoms with Crippen LogP contribution in [0.1, 0.15) is 39.0 Å². The number of amides is 2. The summed E-state index contributed by atoms with van der Waals surface area (Å²) < 4.78 is 5.32. The highest BCUT2D eigenvalue weighted by Crippen LogP contribution is 2.26. The van der Waals surface area contributed by atoms with E-state index < -0.39 is 0 Å². The highest BCUT2D eigenvalue weighted by atomic mass is 16.5. The minimum absolute atomic E-state index is 0.102. The van der Waals surface area contributed by atoms with Crippen molar-refractivity contribution < 1.29 is 14.3 Å². The van der Waals surface area contributed by atoms with Crippen molar-refractivity contribution >= 4 is 11.8 Å². The molecule has 2 saturated heterocycles. The summed E-state index contributed by atoms with van der Waals surface area (Å²) in [4.78, 5) is 31.4. The molecule has 0 N–H and O–H groups in total. The van der Waals surface area contributed by atoms with Crippen LogP contribution < -0.4 is 0 Å². The van der Waals surface area contributed by atoms with Gasteiger partial charge >= 0.3 is 0 Å². The Kier molecular flexibility index (Phi) is 6.11. The number of rotatable bonds is 3. The van der Waals surface area contributed by atoms with Gasteiger partial charge in [0.1, 0.15) is 0 Å². The van der Waals surface area contributed by atoms with Gasteiger partial charge in [0.05, 0.1) is 19.3 Å². The monoisotopic (exact) mass is 337 g/mol. The number of piperazine rings is 1. The second-order valence-electron chi connectivity index (χ2n) is 7.31. The van der Waals surface area contributed by atoms with E-state index in [-0.39, 0.29) is 17.9 Å². The van der Waals surface area contributed by atoms with Crippen LogP contribution >= 0.6 is 0 Å². The topological polar surface area (TPSA) is 53.1 Å². The molecule has 136 valence electrons. The van der Waals surface area contributed by atoms with Crippen LogP contribution in [-0.4, -0.2) is 85.0 Å². The summed E-state index contributed by atoms with van der Waals surface area (Å²) in [6, 6.07) is -0.102. The molecule has 1 saturated carbocycles. The van der Waals surface area contributed by atoms with Gasteiger partial charge in [0.15, 0.2) is 0 Å². The molecule has 0 aromatic rings. The zero-order valence-electron chi connectivity index (χ0n) is 14.9. The summed E-state index contributed by atoms with van der Waals surface area (Å²) in [6.07, 6.45) is 5.79. The van der Waals surface area contributed by atoms with Gasteiger partial charge in [-0.25, -0.2) is 0 Å². The second-order valence-corrected chi connectivity index (χ2v) is 7.31. The average molecular weight is 337 g/mol. The summed E-state index contributed by atoms with van der Waals surface area (Å²) in [5.74, 6) is 0.796. The summed E-state index contributed by atoms with van der Waals surface area (Å²) >= 11 is 0. The number of hydrogen-bond donors (Lipinski definition) is 0. The molecule has 0 spiro atoms. The largest absolute Gasteiger partial charge is 0.378 e. The number of ether oxygens (including phenoxy) is 1. The summed E-state index contributed by atoms with van der Waals surface area (Å²) in [7, 11) is 0. The highest BCUT2D eigenvalue weighted by Gasteiger charge is 2.32. The molecule has 3 rings (SSSR count). The number of hydrogen-bond acceptors (Lipinski definition) is 4. The smallest absolute Gasteiger partial charge is 0.239 e. The van der Waals surface area contributed by atoms with Gasteiger partial charge in [0.25, 0.3) is 0 Å². The third-order valence-electron chi connectivity index (χ3n) is 5.81. The quantitative estimate of drug-likeness (QED) is 0.770. The van der Waals surface area contributed by atoms with Crippen LogP contribution in [0.3, 0.4) is 0 Å². The predicted molar refractivity (Wildman–Crippen MR) is 91.6 cm³/mol. The first kappa shape index (κ1) is 17.7. The van der Waals surface area contributed by atoms with Crippen molar-refractivity contribution in [2.24, 2.45) is 5.92 Å². The molecule has 2 amide bonds. The maximum atomic E-state index is 12.6. The Balaban J connectivity index is 1.47. The molecule has 2 aliphatic heterocycles. The molecule has 1 aliphatic carbocycles. The van der Waals surface area contributed by atoms with Crippen LogP contribution in [0.2, 0.25) is 0 Å². The normalized spacial score (nSPS) is 25.5. The lowest BCUT2D eigenvalue weighted by molar-refractivity contribution is -0.143. The molecular weight excluding hydrogens is 306 g/mol. The van der Waals surface area contributed by atoms with E-state index in [2.05, 4.69) is 4.90 Å². The van der Waals surface area contributed by atoms with E-state index in [4.69, 9.17) is 4.74 Å². The van der Waals surface area contributed by atoms with Crippen molar-refractivity contribution in [2.75, 3.05) is 52.5 Å². The zero-order valence-corrected chi connectivity index (χ0v) is 14.9. The Morgan fingerprint density at radius 3 is 2.12 bits per heavy atom. The molecule has 0 aromatic carbocycles. The average Bonchev–Trinajstić information content (AvgIpc) is 2.68. The van der Waals surface area contributed by atoms with E-state index in [0.29, 0.717) is 32.2 Å². The van der Waals surface area contributed by atoms with Crippen LogP contribution in [0.25, 0.3) is 0 Å². The highest BCUT2D eigenvalue weighted by molar-refractivity contribution is 5.82. The van der Waals surface area contributed by atoms with E-state index in [1.54, 1.807) is 0 Å². The van der Waals surface area contributed by atoms with Crippen LogP contribution in [0.15, 0.2) is 0 Å². The molecule has 24 heavy (non-hydrogen) atoms. The van der Waals surface area contributed by atoms with Crippen LogP contribution in [0.5, 0.6) is 0 Å². The summed E-state index contributed by atoms with van der Waals surface area (Å²) in [5.41, 5.74) is 0. The molecule has 6 heteroatoms. The van der Waals surface area contributed by atoms with Crippen LogP contribution in [0, 0.1) is 5.92 Å². The molecule has 0 bridgehead atoms. The van der Waals surface area contributed by atoms with Gasteiger partial charge in [-0.15, -0.1) is 0 Å². The van der Waals surface area contributed by atoms with E-state index in [9.17, 15) is 9.59 Å². The first-order valence-electron chi connectivity index (χ1n) is 9.56. The maximum Gasteiger partial charge on any atom is 0.239 e. The number of morpholine rings is 1. The fourth-order valence-electron chi connectivity index (χ4n) is 4.14. The first-order valence-corrected chi connectivity index (χ1v) is 9.56. The molecule has 2 heterocycles. The molecular formula is C18H31N3O3. The van der Waals surface area contributed by atoms with Gasteiger partial charge in [0.2, 0.25) is 11.8 Å². The Labute approximate surface area is 145 Å².